The zero-order valence-corrected chi connectivity index (χ0v) is 21.7. The van der Waals surface area contributed by atoms with Crippen LogP contribution in [0, 0.1) is 0 Å². The Hall–Kier alpha value is -2.94. The molecule has 0 aliphatic carbocycles. The van der Waals surface area contributed by atoms with Crippen LogP contribution < -0.4 is 4.72 Å². The van der Waals surface area contributed by atoms with Gasteiger partial charge >= 0.3 is 0 Å². The van der Waals surface area contributed by atoms with Gasteiger partial charge in [0.05, 0.1) is 4.90 Å². The molecule has 9 heteroatoms. The number of carbonyl (C=O) groups is 1. The molecular weight excluding hydrogens is 502 g/mol. The number of carbonyl (C=O) groups excluding carboxylic acids is 1. The molecule has 4 rings (SSSR count). The van der Waals surface area contributed by atoms with E-state index in [9.17, 15) is 13.2 Å². The van der Waals surface area contributed by atoms with Crippen LogP contribution in [0.15, 0.2) is 83.2 Å². The maximum Gasteiger partial charge on any atom is 0.263 e. The number of nitrogens with one attached hydrogen (secondary N) is 1. The Morgan fingerprint density at radius 3 is 2.46 bits per heavy atom. The summed E-state index contributed by atoms with van der Waals surface area (Å²) >= 11 is 7.54. The van der Waals surface area contributed by atoms with Crippen molar-refractivity contribution in [3.05, 3.63) is 94.5 Å². The van der Waals surface area contributed by atoms with Gasteiger partial charge in [-0.15, -0.1) is 11.3 Å². The third-order valence-electron chi connectivity index (χ3n) is 6.14. The molecule has 3 aromatic rings. The number of sulfonamides is 1. The monoisotopic (exact) mass is 527 g/mol. The van der Waals surface area contributed by atoms with Crippen molar-refractivity contribution in [2.45, 2.75) is 30.6 Å². The minimum absolute atomic E-state index is 0.0504. The Labute approximate surface area is 215 Å². The van der Waals surface area contributed by atoms with E-state index >= 15 is 0 Å². The van der Waals surface area contributed by atoms with Gasteiger partial charge in [0.1, 0.15) is 0 Å². The van der Waals surface area contributed by atoms with Crippen LogP contribution in [0.4, 0.5) is 5.13 Å². The van der Waals surface area contributed by atoms with Crippen molar-refractivity contribution in [1.82, 2.24) is 9.88 Å². The van der Waals surface area contributed by atoms with E-state index in [4.69, 9.17) is 11.6 Å². The molecule has 2 heterocycles. The summed E-state index contributed by atoms with van der Waals surface area (Å²) in [6.45, 7) is 7.19. The van der Waals surface area contributed by atoms with Gasteiger partial charge < -0.3 is 4.90 Å². The third kappa shape index (κ3) is 5.66. The van der Waals surface area contributed by atoms with E-state index in [0.717, 1.165) is 24.0 Å². The summed E-state index contributed by atoms with van der Waals surface area (Å²) < 4.78 is 27.6. The molecule has 0 radical (unpaired) electrons. The van der Waals surface area contributed by atoms with Crippen LogP contribution in [-0.2, 0) is 14.8 Å². The number of allylic oxidation sites excluding steroid dienone is 1. The van der Waals surface area contributed by atoms with Crippen molar-refractivity contribution in [1.29, 1.82) is 0 Å². The summed E-state index contributed by atoms with van der Waals surface area (Å²) in [5.74, 6) is 0.203. The highest BCUT2D eigenvalue weighted by atomic mass is 35.5. The smallest absolute Gasteiger partial charge is 0.263 e. The normalized spacial score (nSPS) is 15.1. The molecule has 35 heavy (non-hydrogen) atoms. The van der Waals surface area contributed by atoms with Crippen molar-refractivity contribution in [2.24, 2.45) is 0 Å². The lowest BCUT2D eigenvalue weighted by Crippen LogP contribution is -2.38. The average Bonchev–Trinajstić information content (AvgIpc) is 3.37. The minimum atomic E-state index is -3.68. The van der Waals surface area contributed by atoms with Crippen molar-refractivity contribution < 1.29 is 13.2 Å². The van der Waals surface area contributed by atoms with Crippen LogP contribution in [0.5, 0.6) is 0 Å². The molecule has 182 valence electrons. The van der Waals surface area contributed by atoms with Gasteiger partial charge in [-0.2, -0.15) is 0 Å². The Morgan fingerprint density at radius 2 is 1.86 bits per heavy atom. The SMILES string of the molecule is C=C(/C(=C/C)C(=O)N1CCC(c2ccc(S(=O)(=O)Nc3nccs3)cc2)CC1)c1ccccc1Cl. The van der Waals surface area contributed by atoms with E-state index < -0.39 is 10.0 Å². The van der Waals surface area contributed by atoms with Gasteiger partial charge in [0.2, 0.25) is 0 Å². The molecule has 0 spiro atoms. The quantitative estimate of drug-likeness (QED) is 0.303. The summed E-state index contributed by atoms with van der Waals surface area (Å²) in [4.78, 5) is 19.3. The maximum atomic E-state index is 13.3. The number of rotatable bonds is 7. The second-order valence-corrected chi connectivity index (χ2v) is 11.2. The number of likely N-dealkylation sites (tertiary alicyclic amines) is 1. The molecule has 1 fully saturated rings. The molecule has 0 atom stereocenters. The summed E-state index contributed by atoms with van der Waals surface area (Å²) in [6, 6.07) is 14.3. The predicted molar refractivity (Wildman–Crippen MR) is 142 cm³/mol. The zero-order chi connectivity index (χ0) is 25.0. The van der Waals surface area contributed by atoms with Crippen LogP contribution in [0.1, 0.15) is 36.8 Å². The number of nitrogens with zero attached hydrogens (tertiary/aromatic N) is 2. The molecule has 1 N–H and O–H groups in total. The van der Waals surface area contributed by atoms with E-state index in [1.54, 1.807) is 35.9 Å². The third-order valence-corrected chi connectivity index (χ3v) is 8.64. The molecule has 0 saturated carbocycles. The highest BCUT2D eigenvalue weighted by Crippen LogP contribution is 2.32. The van der Waals surface area contributed by atoms with Gasteiger partial charge in [-0.3, -0.25) is 9.52 Å². The number of amides is 1. The van der Waals surface area contributed by atoms with Crippen LogP contribution >= 0.6 is 22.9 Å². The Morgan fingerprint density at radius 1 is 1.17 bits per heavy atom. The first-order valence-corrected chi connectivity index (χ1v) is 14.0. The molecule has 0 unspecified atom stereocenters. The second-order valence-electron chi connectivity index (χ2n) is 8.24. The lowest BCUT2D eigenvalue weighted by molar-refractivity contribution is -0.127. The molecule has 1 saturated heterocycles. The lowest BCUT2D eigenvalue weighted by atomic mass is 9.89. The number of thiazole rings is 1. The fourth-order valence-corrected chi connectivity index (χ4v) is 6.27. The van der Waals surface area contributed by atoms with Crippen molar-refractivity contribution in [3.8, 4) is 0 Å². The summed E-state index contributed by atoms with van der Waals surface area (Å²) in [7, 11) is -3.68. The predicted octanol–water partition coefficient (Wildman–Crippen LogP) is 5.96. The maximum absolute atomic E-state index is 13.3. The largest absolute Gasteiger partial charge is 0.339 e. The summed E-state index contributed by atoms with van der Waals surface area (Å²) in [5.41, 5.74) is 2.99. The average molecular weight is 528 g/mol. The van der Waals surface area contributed by atoms with Crippen LogP contribution in [0.2, 0.25) is 5.02 Å². The lowest BCUT2D eigenvalue weighted by Gasteiger charge is -2.33. The number of aromatic nitrogens is 1. The zero-order valence-electron chi connectivity index (χ0n) is 19.3. The van der Waals surface area contributed by atoms with Crippen molar-refractivity contribution in [3.63, 3.8) is 0 Å². The van der Waals surface area contributed by atoms with Crippen LogP contribution in [0.3, 0.4) is 0 Å². The molecule has 1 amide bonds. The first-order valence-electron chi connectivity index (χ1n) is 11.2. The first-order chi connectivity index (χ1) is 16.8. The van der Waals surface area contributed by atoms with Crippen molar-refractivity contribution in [2.75, 3.05) is 17.8 Å². The molecule has 1 aliphatic heterocycles. The van der Waals surface area contributed by atoms with E-state index in [1.807, 2.05) is 42.2 Å². The van der Waals surface area contributed by atoms with E-state index in [0.29, 0.717) is 34.4 Å². The molecular formula is C26H26ClN3O3S2. The molecule has 6 nitrogen and oxygen atoms in total. The van der Waals surface area contributed by atoms with Crippen LogP contribution in [-0.4, -0.2) is 37.3 Å². The summed E-state index contributed by atoms with van der Waals surface area (Å²) in [6.07, 6.45) is 4.93. The summed E-state index contributed by atoms with van der Waals surface area (Å²) in [5, 5.41) is 2.61. The van der Waals surface area contributed by atoms with Crippen LogP contribution in [0.25, 0.3) is 5.57 Å². The molecule has 0 bridgehead atoms. The number of hydrogen-bond donors (Lipinski definition) is 1. The fourth-order valence-electron chi connectivity index (χ4n) is 4.23. The Kier molecular flexibility index (Phi) is 7.74. The highest BCUT2D eigenvalue weighted by molar-refractivity contribution is 7.93. The van der Waals surface area contributed by atoms with Gasteiger partial charge in [0, 0.05) is 40.8 Å². The number of hydrogen-bond acceptors (Lipinski definition) is 5. The number of anilines is 1. The standard InChI is InChI=1S/C26H26ClN3O3S2/c1-3-22(18(2)23-6-4-5-7-24(23)27)25(31)30-15-12-20(13-16-30)19-8-10-21(11-9-19)35(32,33)29-26-28-14-17-34-26/h3-11,14,17,20H,2,12-13,15-16H2,1H3,(H,28,29)/b22-3-. The van der Waals surface area contributed by atoms with Gasteiger partial charge in [-0.1, -0.05) is 54.6 Å². The van der Waals surface area contributed by atoms with Crippen molar-refractivity contribution >= 4 is 49.6 Å². The number of benzene rings is 2. The molecule has 2 aromatic carbocycles. The topological polar surface area (TPSA) is 79.4 Å². The highest BCUT2D eigenvalue weighted by Gasteiger charge is 2.27. The Bertz CT molecular complexity index is 1340. The van der Waals surface area contributed by atoms with E-state index in [1.165, 1.54) is 11.3 Å². The van der Waals surface area contributed by atoms with Gasteiger partial charge in [0.15, 0.2) is 5.13 Å². The second kappa shape index (κ2) is 10.8. The van der Waals surface area contributed by atoms with Gasteiger partial charge in [0.25, 0.3) is 15.9 Å². The molecule has 1 aliphatic rings. The number of halogens is 1. The fraction of sp³-hybridized carbons (Fsp3) is 0.231. The van der Waals surface area contributed by atoms with Gasteiger partial charge in [-0.05, 0) is 55.0 Å². The van der Waals surface area contributed by atoms with Gasteiger partial charge in [-0.25, -0.2) is 13.4 Å². The first kappa shape index (κ1) is 25.2. The minimum Gasteiger partial charge on any atom is -0.339 e. The number of piperidine rings is 1. The Balaban J connectivity index is 1.39. The van der Waals surface area contributed by atoms with E-state index in [-0.39, 0.29) is 16.7 Å². The van der Waals surface area contributed by atoms with E-state index in [2.05, 4.69) is 16.3 Å². The molecule has 1 aromatic heterocycles.